The lowest BCUT2D eigenvalue weighted by molar-refractivity contribution is -0.384. The van der Waals surface area contributed by atoms with Crippen molar-refractivity contribution in [3.63, 3.8) is 0 Å². The van der Waals surface area contributed by atoms with Crippen LogP contribution >= 0.6 is 0 Å². The van der Waals surface area contributed by atoms with Crippen LogP contribution in [0.25, 0.3) is 0 Å². The number of hydrogen-bond acceptors (Lipinski definition) is 6. The van der Waals surface area contributed by atoms with Gasteiger partial charge in [0, 0.05) is 17.8 Å². The summed E-state index contributed by atoms with van der Waals surface area (Å²) < 4.78 is 32.2. The minimum absolute atomic E-state index is 0.104. The van der Waals surface area contributed by atoms with Crippen molar-refractivity contribution in [3.05, 3.63) is 64.2 Å². The number of carbonyl (C=O) groups is 1. The molecule has 8 nitrogen and oxygen atoms in total. The highest BCUT2D eigenvalue weighted by Crippen LogP contribution is 2.19. The van der Waals surface area contributed by atoms with Crippen LogP contribution in [-0.4, -0.2) is 25.9 Å². The summed E-state index contributed by atoms with van der Waals surface area (Å²) in [5, 5.41) is 10.6. The molecule has 9 heteroatoms. The molecular formula is C18H20N2O6S. The van der Waals surface area contributed by atoms with E-state index in [4.69, 9.17) is 4.74 Å². The van der Waals surface area contributed by atoms with Gasteiger partial charge in [0.25, 0.3) is 15.7 Å². The van der Waals surface area contributed by atoms with Crippen LogP contribution in [0.3, 0.4) is 0 Å². The zero-order chi connectivity index (χ0) is 19.9. The van der Waals surface area contributed by atoms with Crippen molar-refractivity contribution in [2.45, 2.75) is 31.1 Å². The first kappa shape index (κ1) is 20.4. The Morgan fingerprint density at radius 2 is 1.70 bits per heavy atom. The Morgan fingerprint density at radius 3 is 2.26 bits per heavy atom. The lowest BCUT2D eigenvalue weighted by Crippen LogP contribution is -2.13. The van der Waals surface area contributed by atoms with Gasteiger partial charge in [-0.15, -0.1) is 0 Å². The fourth-order valence-electron chi connectivity index (χ4n) is 2.24. The maximum Gasteiger partial charge on any atom is 0.338 e. The van der Waals surface area contributed by atoms with Gasteiger partial charge < -0.3 is 4.74 Å². The number of anilines is 1. The van der Waals surface area contributed by atoms with Crippen molar-refractivity contribution in [3.8, 4) is 0 Å². The number of rotatable bonds is 9. The van der Waals surface area contributed by atoms with Crippen LogP contribution in [-0.2, 0) is 14.8 Å². The van der Waals surface area contributed by atoms with Crippen LogP contribution in [0.15, 0.2) is 53.4 Å². The molecule has 0 bridgehead atoms. The van der Waals surface area contributed by atoms with Gasteiger partial charge in [0.15, 0.2) is 0 Å². The second kappa shape index (κ2) is 9.13. The predicted octanol–water partition coefficient (Wildman–Crippen LogP) is 3.74. The topological polar surface area (TPSA) is 116 Å². The van der Waals surface area contributed by atoms with Crippen molar-refractivity contribution in [2.75, 3.05) is 11.3 Å². The smallest absolute Gasteiger partial charge is 0.338 e. The third kappa shape index (κ3) is 5.78. The van der Waals surface area contributed by atoms with Gasteiger partial charge in [-0.05, 0) is 42.8 Å². The number of nitrogens with zero attached hydrogens (tertiary/aromatic N) is 1. The number of esters is 1. The molecule has 0 amide bonds. The molecule has 2 aromatic carbocycles. The third-order valence-corrected chi connectivity index (χ3v) is 5.11. The van der Waals surface area contributed by atoms with Crippen molar-refractivity contribution >= 4 is 27.4 Å². The van der Waals surface area contributed by atoms with E-state index in [-0.39, 0.29) is 16.3 Å². The maximum atomic E-state index is 12.3. The number of sulfonamides is 1. The van der Waals surface area contributed by atoms with E-state index in [9.17, 15) is 23.3 Å². The molecule has 0 aliphatic carbocycles. The summed E-state index contributed by atoms with van der Waals surface area (Å²) in [4.78, 5) is 21.8. The molecule has 2 aromatic rings. The van der Waals surface area contributed by atoms with Crippen LogP contribution in [0.1, 0.15) is 36.5 Å². The molecule has 27 heavy (non-hydrogen) atoms. The Kier molecular flexibility index (Phi) is 6.89. The molecule has 0 heterocycles. The van der Waals surface area contributed by atoms with Gasteiger partial charge >= 0.3 is 5.97 Å². The number of benzene rings is 2. The highest BCUT2D eigenvalue weighted by atomic mass is 32.2. The Labute approximate surface area is 157 Å². The highest BCUT2D eigenvalue weighted by Gasteiger charge is 2.16. The van der Waals surface area contributed by atoms with E-state index in [1.807, 2.05) is 0 Å². The Balaban J connectivity index is 2.02. The van der Waals surface area contributed by atoms with Crippen molar-refractivity contribution in [1.82, 2.24) is 0 Å². The first-order valence-corrected chi connectivity index (χ1v) is 9.86. The molecule has 144 valence electrons. The van der Waals surface area contributed by atoms with Gasteiger partial charge in [0.1, 0.15) is 0 Å². The molecule has 0 spiro atoms. The van der Waals surface area contributed by atoms with Gasteiger partial charge in [-0.25, -0.2) is 13.2 Å². The average Bonchev–Trinajstić information content (AvgIpc) is 2.65. The monoisotopic (exact) mass is 392 g/mol. The lowest BCUT2D eigenvalue weighted by atomic mass is 10.2. The summed E-state index contributed by atoms with van der Waals surface area (Å²) in [5.74, 6) is -0.462. The highest BCUT2D eigenvalue weighted by molar-refractivity contribution is 7.92. The Hall–Kier alpha value is -2.94. The fourth-order valence-corrected chi connectivity index (χ4v) is 3.29. The summed E-state index contributed by atoms with van der Waals surface area (Å²) in [5.41, 5.74) is 0.386. The molecule has 0 fully saturated rings. The molecule has 0 saturated carbocycles. The summed E-state index contributed by atoms with van der Waals surface area (Å²) in [6, 6.07) is 10.4. The summed E-state index contributed by atoms with van der Waals surface area (Å²) in [6.45, 7) is 2.40. The van der Waals surface area contributed by atoms with Gasteiger partial charge in [-0.3, -0.25) is 14.8 Å². The Bertz CT molecular complexity index is 892. The van der Waals surface area contributed by atoms with Crippen molar-refractivity contribution in [2.24, 2.45) is 0 Å². The van der Waals surface area contributed by atoms with Crippen LogP contribution in [0.2, 0.25) is 0 Å². The number of hydrogen-bond donors (Lipinski definition) is 1. The number of carbonyl (C=O) groups excluding carboxylic acids is 1. The van der Waals surface area contributed by atoms with Gasteiger partial charge in [0.2, 0.25) is 0 Å². The molecule has 2 rings (SSSR count). The van der Waals surface area contributed by atoms with Gasteiger partial charge in [-0.1, -0.05) is 19.8 Å². The molecule has 0 aromatic heterocycles. The first-order valence-electron chi connectivity index (χ1n) is 8.38. The third-order valence-electron chi connectivity index (χ3n) is 3.71. The minimum atomic E-state index is -3.90. The Morgan fingerprint density at radius 1 is 1.07 bits per heavy atom. The van der Waals surface area contributed by atoms with Crippen LogP contribution < -0.4 is 4.72 Å². The lowest BCUT2D eigenvalue weighted by Gasteiger charge is -2.09. The standard InChI is InChI=1S/C18H20N2O6S/c1-2-3-4-13-26-18(21)14-5-7-15(8-6-14)19-27(24,25)17-11-9-16(10-12-17)20(22)23/h5-12,19H,2-4,13H2,1H3. The number of nitro groups is 1. The predicted molar refractivity (Wildman–Crippen MR) is 100 cm³/mol. The molecular weight excluding hydrogens is 372 g/mol. The largest absolute Gasteiger partial charge is 0.462 e. The number of ether oxygens (including phenoxy) is 1. The number of nitrogens with one attached hydrogen (secondary N) is 1. The molecule has 0 atom stereocenters. The molecule has 1 N–H and O–H groups in total. The average molecular weight is 392 g/mol. The van der Waals surface area contributed by atoms with E-state index >= 15 is 0 Å². The van der Waals surface area contributed by atoms with E-state index in [0.29, 0.717) is 12.2 Å². The molecule has 0 radical (unpaired) electrons. The normalized spacial score (nSPS) is 11.0. The molecule has 0 aliphatic heterocycles. The number of non-ortho nitro benzene ring substituents is 1. The SMILES string of the molecule is CCCCCOC(=O)c1ccc(NS(=O)(=O)c2ccc([N+](=O)[O-])cc2)cc1. The zero-order valence-electron chi connectivity index (χ0n) is 14.8. The zero-order valence-corrected chi connectivity index (χ0v) is 15.6. The van der Waals surface area contributed by atoms with Crippen molar-refractivity contribution in [1.29, 1.82) is 0 Å². The maximum absolute atomic E-state index is 12.3. The van der Waals surface area contributed by atoms with Gasteiger partial charge in [0.05, 0.1) is 22.0 Å². The molecule has 0 aliphatic rings. The van der Waals surface area contributed by atoms with Crippen LogP contribution in [0.5, 0.6) is 0 Å². The minimum Gasteiger partial charge on any atom is -0.462 e. The van der Waals surface area contributed by atoms with E-state index < -0.39 is 20.9 Å². The quantitative estimate of drug-likeness (QED) is 0.301. The van der Waals surface area contributed by atoms with Crippen LogP contribution in [0, 0.1) is 10.1 Å². The van der Waals surface area contributed by atoms with E-state index in [1.54, 1.807) is 0 Å². The molecule has 0 saturated heterocycles. The number of unbranched alkanes of at least 4 members (excludes halogenated alkanes) is 2. The van der Waals surface area contributed by atoms with E-state index in [2.05, 4.69) is 11.6 Å². The fraction of sp³-hybridized carbons (Fsp3) is 0.278. The van der Waals surface area contributed by atoms with E-state index in [1.165, 1.54) is 24.3 Å². The van der Waals surface area contributed by atoms with Crippen molar-refractivity contribution < 1.29 is 22.9 Å². The number of nitro benzene ring substituents is 1. The first-order chi connectivity index (χ1) is 12.8. The van der Waals surface area contributed by atoms with Gasteiger partial charge in [-0.2, -0.15) is 0 Å². The second-order valence-corrected chi connectivity index (χ2v) is 7.46. The summed E-state index contributed by atoms with van der Waals surface area (Å²) >= 11 is 0. The second-order valence-electron chi connectivity index (χ2n) is 5.78. The van der Waals surface area contributed by atoms with Crippen LogP contribution in [0.4, 0.5) is 11.4 Å². The summed E-state index contributed by atoms with van der Waals surface area (Å²) in [6.07, 6.45) is 2.81. The molecule has 0 unspecified atom stereocenters. The van der Waals surface area contributed by atoms with E-state index in [0.717, 1.165) is 43.5 Å². The summed E-state index contributed by atoms with van der Waals surface area (Å²) in [7, 11) is -3.90.